The van der Waals surface area contributed by atoms with Crippen molar-refractivity contribution in [3.8, 4) is 11.5 Å². The Kier molecular flexibility index (Phi) is 5.10. The molecule has 0 atom stereocenters. The van der Waals surface area contributed by atoms with Crippen molar-refractivity contribution >= 4 is 43.6 Å². The summed E-state index contributed by atoms with van der Waals surface area (Å²) in [5.74, 6) is 0.799. The fourth-order valence-corrected chi connectivity index (χ4v) is 4.46. The summed E-state index contributed by atoms with van der Waals surface area (Å²) >= 11 is 0. The van der Waals surface area contributed by atoms with Gasteiger partial charge in [-0.1, -0.05) is 25.5 Å². The van der Waals surface area contributed by atoms with Gasteiger partial charge in [0.15, 0.2) is 11.5 Å². The number of ether oxygens (including phenoxy) is 1. The molecule has 1 aliphatic rings. The molecule has 10 heteroatoms. The first-order chi connectivity index (χ1) is 15.4. The monoisotopic (exact) mass is 451 g/mol. The summed E-state index contributed by atoms with van der Waals surface area (Å²) in [6.45, 7) is 2.09. The van der Waals surface area contributed by atoms with Crippen molar-refractivity contribution in [2.24, 2.45) is 0 Å². The summed E-state index contributed by atoms with van der Waals surface area (Å²) in [4.78, 5) is 18.5. The second-order valence-corrected chi connectivity index (χ2v) is 9.25. The molecule has 0 aliphatic carbocycles. The van der Waals surface area contributed by atoms with Crippen molar-refractivity contribution in [3.05, 3.63) is 48.0 Å². The summed E-state index contributed by atoms with van der Waals surface area (Å²) in [7, 11) is -4.02. The van der Waals surface area contributed by atoms with E-state index in [0.717, 1.165) is 29.8 Å². The van der Waals surface area contributed by atoms with Crippen LogP contribution in [0.4, 0.5) is 11.4 Å². The number of nitrogens with one attached hydrogen (secondary N) is 1. The second-order valence-electron chi connectivity index (χ2n) is 7.68. The third-order valence-corrected chi connectivity index (χ3v) is 6.14. The Balaban J connectivity index is 1.64. The molecule has 0 amide bonds. The molecule has 1 aliphatic heterocycles. The smallest absolute Gasteiger partial charge is 0.264 e. The molecule has 2 aromatic heterocycles. The van der Waals surface area contributed by atoms with Crippen LogP contribution in [0.25, 0.3) is 22.1 Å². The average molecular weight is 452 g/mol. The minimum atomic E-state index is -4.02. The number of aryl methyl sites for hydroxylation is 2. The highest BCUT2D eigenvalue weighted by molar-refractivity contribution is 7.85. The first-order valence-electron chi connectivity index (χ1n) is 10.4. The molecule has 3 heterocycles. The van der Waals surface area contributed by atoms with Crippen LogP contribution >= 0.6 is 0 Å². The molecule has 32 heavy (non-hydrogen) atoms. The summed E-state index contributed by atoms with van der Waals surface area (Å²) < 4.78 is 37.6. The summed E-state index contributed by atoms with van der Waals surface area (Å²) in [5, 5.41) is 3.40. The Bertz CT molecular complexity index is 1460. The molecule has 4 aromatic rings. The summed E-state index contributed by atoms with van der Waals surface area (Å²) in [6.07, 6.45) is 7.47. The molecule has 0 bridgehead atoms. The van der Waals surface area contributed by atoms with E-state index in [1.165, 1.54) is 0 Å². The molecular formula is C22H21N5O4S. The van der Waals surface area contributed by atoms with Gasteiger partial charge in [0.05, 0.1) is 17.1 Å². The van der Waals surface area contributed by atoms with E-state index in [1.807, 2.05) is 18.2 Å². The van der Waals surface area contributed by atoms with Crippen LogP contribution in [0.1, 0.15) is 31.0 Å². The third-order valence-electron chi connectivity index (χ3n) is 5.34. The highest BCUT2D eigenvalue weighted by Crippen LogP contribution is 2.49. The lowest BCUT2D eigenvalue weighted by atomic mass is 10.1. The van der Waals surface area contributed by atoms with E-state index >= 15 is 0 Å². The van der Waals surface area contributed by atoms with E-state index < -0.39 is 10.1 Å². The number of hydrogen-bond donors (Lipinski definition) is 2. The minimum Gasteiger partial charge on any atom is -0.450 e. The number of hydrogen-bond acceptors (Lipinski definition) is 8. The lowest BCUT2D eigenvalue weighted by molar-refractivity contribution is 0.474. The Hall–Kier alpha value is -3.37. The van der Waals surface area contributed by atoms with Crippen LogP contribution in [0.3, 0.4) is 0 Å². The molecule has 0 saturated carbocycles. The van der Waals surface area contributed by atoms with Crippen LogP contribution in [-0.2, 0) is 23.0 Å². The van der Waals surface area contributed by atoms with Gasteiger partial charge in [0.1, 0.15) is 27.8 Å². The normalized spacial score (nSPS) is 12.8. The van der Waals surface area contributed by atoms with E-state index in [1.54, 1.807) is 18.6 Å². The van der Waals surface area contributed by atoms with Crippen LogP contribution in [0.5, 0.6) is 11.5 Å². The van der Waals surface area contributed by atoms with Crippen molar-refractivity contribution in [2.75, 3.05) is 11.1 Å². The Morgan fingerprint density at radius 3 is 2.59 bits per heavy atom. The van der Waals surface area contributed by atoms with Crippen molar-refractivity contribution in [1.29, 1.82) is 0 Å². The highest BCUT2D eigenvalue weighted by atomic mass is 32.2. The number of rotatable bonds is 6. The summed E-state index contributed by atoms with van der Waals surface area (Å²) in [6, 6.07) is 5.63. The van der Waals surface area contributed by atoms with Crippen LogP contribution in [0.2, 0.25) is 0 Å². The zero-order valence-electron chi connectivity index (χ0n) is 17.4. The van der Waals surface area contributed by atoms with Crippen molar-refractivity contribution < 1.29 is 17.7 Å². The lowest BCUT2D eigenvalue weighted by Gasteiger charge is -2.25. The lowest BCUT2D eigenvalue weighted by Crippen LogP contribution is -2.10. The second kappa shape index (κ2) is 7.95. The predicted molar refractivity (Wildman–Crippen MR) is 121 cm³/mol. The van der Waals surface area contributed by atoms with E-state index in [4.69, 9.17) is 14.3 Å². The molecule has 0 radical (unpaired) electrons. The van der Waals surface area contributed by atoms with Crippen molar-refractivity contribution in [2.45, 2.75) is 32.6 Å². The van der Waals surface area contributed by atoms with Gasteiger partial charge in [-0.2, -0.15) is 8.42 Å². The van der Waals surface area contributed by atoms with Crippen molar-refractivity contribution in [3.63, 3.8) is 0 Å². The topological polar surface area (TPSA) is 127 Å². The number of anilines is 2. The number of fused-ring (bicyclic) bond motifs is 7. The van der Waals surface area contributed by atoms with E-state index in [9.17, 15) is 8.42 Å². The first kappa shape index (κ1) is 20.5. The fraction of sp³-hybridized carbons (Fsp3) is 0.273. The first-order valence-corrected chi connectivity index (χ1v) is 12.0. The van der Waals surface area contributed by atoms with Gasteiger partial charge in [0.2, 0.25) is 0 Å². The van der Waals surface area contributed by atoms with E-state index in [0.29, 0.717) is 45.7 Å². The van der Waals surface area contributed by atoms with Crippen molar-refractivity contribution in [1.82, 2.24) is 19.9 Å². The van der Waals surface area contributed by atoms with E-state index in [-0.39, 0.29) is 12.2 Å². The maximum Gasteiger partial charge on any atom is 0.264 e. The molecular weight excluding hydrogens is 430 g/mol. The van der Waals surface area contributed by atoms with Gasteiger partial charge in [0.25, 0.3) is 10.1 Å². The molecule has 2 N–H and O–H groups in total. The number of benzene rings is 2. The maximum atomic E-state index is 11.1. The molecule has 2 aromatic carbocycles. The van der Waals surface area contributed by atoms with Gasteiger partial charge in [-0.15, -0.1) is 0 Å². The van der Waals surface area contributed by atoms with Crippen LogP contribution in [0.15, 0.2) is 36.8 Å². The quantitative estimate of drug-likeness (QED) is 0.288. The van der Waals surface area contributed by atoms with Gasteiger partial charge >= 0.3 is 0 Å². The Morgan fingerprint density at radius 1 is 1.00 bits per heavy atom. The zero-order chi connectivity index (χ0) is 22.3. The molecule has 0 fully saturated rings. The molecule has 0 spiro atoms. The Labute approximate surface area is 184 Å². The molecule has 0 saturated heterocycles. The van der Waals surface area contributed by atoms with Crippen LogP contribution in [-0.4, -0.2) is 38.7 Å². The van der Waals surface area contributed by atoms with Gasteiger partial charge in [-0.05, 0) is 30.9 Å². The predicted octanol–water partition coefficient (Wildman–Crippen LogP) is 4.20. The van der Waals surface area contributed by atoms with Gasteiger partial charge in [-0.25, -0.2) is 9.97 Å². The highest BCUT2D eigenvalue weighted by Gasteiger charge is 2.27. The third kappa shape index (κ3) is 3.71. The van der Waals surface area contributed by atoms with E-state index in [2.05, 4.69) is 27.2 Å². The van der Waals surface area contributed by atoms with Gasteiger partial charge in [-0.3, -0.25) is 14.5 Å². The molecule has 9 nitrogen and oxygen atoms in total. The number of nitrogens with zero attached hydrogens (tertiary/aromatic N) is 4. The van der Waals surface area contributed by atoms with Crippen LogP contribution in [0, 0.1) is 0 Å². The van der Waals surface area contributed by atoms with Gasteiger partial charge in [0, 0.05) is 18.6 Å². The maximum absolute atomic E-state index is 11.1. The summed E-state index contributed by atoms with van der Waals surface area (Å²) in [5.41, 5.74) is 5.61. The van der Waals surface area contributed by atoms with Gasteiger partial charge < -0.3 is 10.1 Å². The SMILES string of the molecule is CCCc1cnc2c3c(c4nccnc4c2n1)Nc1cccc(CCCS(=O)(=O)O)c1O3. The minimum absolute atomic E-state index is 0.273. The average Bonchev–Trinajstić information content (AvgIpc) is 2.78. The molecule has 0 unspecified atom stereocenters. The van der Waals surface area contributed by atoms with Crippen LogP contribution < -0.4 is 10.1 Å². The fourth-order valence-electron chi connectivity index (χ4n) is 3.95. The largest absolute Gasteiger partial charge is 0.450 e. The number of para-hydroxylation sites is 1. The molecule has 164 valence electrons. The number of aromatic nitrogens is 4. The standard InChI is InChI=1S/C22H21N5O4S/c1-2-5-14-12-25-19-18(26-14)16-17(24-10-9-23-16)20-22(19)31-21-13(6-3-8-15(21)27-20)7-4-11-32(28,29)30/h3,6,8-10,12,27H,2,4-5,7,11H2,1H3,(H,28,29,30). The molecule has 5 rings (SSSR count). The zero-order valence-corrected chi connectivity index (χ0v) is 18.2. The Morgan fingerprint density at radius 2 is 1.81 bits per heavy atom.